The number of amides is 2. The number of urea groups is 1. The fraction of sp³-hybridized carbons (Fsp3) is 0.400. The number of carbonyl (C=O) groups excluding carboxylic acids is 1. The number of ether oxygens (including phenoxy) is 3. The number of aromatic nitrogens is 1. The number of halogens is 3. The van der Waals surface area contributed by atoms with Crippen molar-refractivity contribution in [1.82, 2.24) is 10.3 Å². The predicted octanol–water partition coefficient (Wildman–Crippen LogP) is 4.50. The minimum absolute atomic E-state index is 0.0478. The Morgan fingerprint density at radius 2 is 1.90 bits per heavy atom. The van der Waals surface area contributed by atoms with Crippen molar-refractivity contribution >= 4 is 11.7 Å². The summed E-state index contributed by atoms with van der Waals surface area (Å²) in [7, 11) is 1.35. The van der Waals surface area contributed by atoms with Crippen LogP contribution in [0.25, 0.3) is 0 Å². The van der Waals surface area contributed by atoms with Crippen LogP contribution in [0.1, 0.15) is 25.7 Å². The lowest BCUT2D eigenvalue weighted by Gasteiger charge is -2.29. The molecule has 30 heavy (non-hydrogen) atoms. The highest BCUT2D eigenvalue weighted by molar-refractivity contribution is 5.91. The van der Waals surface area contributed by atoms with E-state index in [-0.39, 0.29) is 23.6 Å². The molecule has 1 saturated carbocycles. The topological polar surface area (TPSA) is 81.7 Å². The van der Waals surface area contributed by atoms with Crippen molar-refractivity contribution in [3.05, 3.63) is 42.7 Å². The maximum Gasteiger partial charge on any atom is 0.573 e. The summed E-state index contributed by atoms with van der Waals surface area (Å²) >= 11 is 0. The summed E-state index contributed by atoms with van der Waals surface area (Å²) in [6.07, 6.45) is 1.50. The number of carbonyl (C=O) groups is 1. The summed E-state index contributed by atoms with van der Waals surface area (Å²) < 4.78 is 52.1. The first-order valence-corrected chi connectivity index (χ1v) is 9.40. The Labute approximate surface area is 171 Å². The smallest absolute Gasteiger partial charge is 0.495 e. The van der Waals surface area contributed by atoms with E-state index in [1.165, 1.54) is 13.2 Å². The van der Waals surface area contributed by atoms with Crippen LogP contribution in [0.15, 0.2) is 42.7 Å². The standard InChI is InChI=1S/C20H22F3N3O4/c1-28-18-9-8-15(30-20(21,22)23)11-17(18)26-19(27)25-13-4-6-14(7-5-13)29-16-3-2-10-24-12-16/h2-3,8-14H,4-7H2,1H3,(H2,25,26,27). The average molecular weight is 425 g/mol. The van der Waals surface area contributed by atoms with Crippen molar-refractivity contribution in [2.24, 2.45) is 0 Å². The van der Waals surface area contributed by atoms with Gasteiger partial charge in [0.2, 0.25) is 0 Å². The summed E-state index contributed by atoms with van der Waals surface area (Å²) in [6, 6.07) is 6.50. The molecule has 1 aromatic carbocycles. The number of benzene rings is 1. The second-order valence-electron chi connectivity index (χ2n) is 6.79. The van der Waals surface area contributed by atoms with Crippen molar-refractivity contribution in [2.75, 3.05) is 12.4 Å². The van der Waals surface area contributed by atoms with Gasteiger partial charge < -0.3 is 24.8 Å². The number of alkyl halides is 3. The molecule has 1 aliphatic carbocycles. The van der Waals surface area contributed by atoms with Gasteiger partial charge >= 0.3 is 12.4 Å². The Morgan fingerprint density at radius 3 is 2.53 bits per heavy atom. The first-order valence-electron chi connectivity index (χ1n) is 9.40. The zero-order chi connectivity index (χ0) is 21.6. The zero-order valence-corrected chi connectivity index (χ0v) is 16.2. The molecule has 1 aliphatic rings. The molecule has 0 saturated heterocycles. The molecule has 1 heterocycles. The fourth-order valence-electron chi connectivity index (χ4n) is 3.26. The van der Waals surface area contributed by atoms with Gasteiger partial charge in [-0.3, -0.25) is 4.98 Å². The fourth-order valence-corrected chi connectivity index (χ4v) is 3.26. The molecule has 1 fully saturated rings. The third-order valence-corrected chi connectivity index (χ3v) is 4.60. The number of nitrogens with zero attached hydrogens (tertiary/aromatic N) is 1. The van der Waals surface area contributed by atoms with Gasteiger partial charge in [0.25, 0.3) is 0 Å². The summed E-state index contributed by atoms with van der Waals surface area (Å²) in [5.41, 5.74) is 0.0744. The van der Waals surface area contributed by atoms with Crippen LogP contribution in [0, 0.1) is 0 Å². The van der Waals surface area contributed by atoms with E-state index in [4.69, 9.17) is 9.47 Å². The van der Waals surface area contributed by atoms with Crippen LogP contribution in [0.5, 0.6) is 17.2 Å². The molecule has 10 heteroatoms. The Morgan fingerprint density at radius 1 is 1.13 bits per heavy atom. The number of hydrogen-bond donors (Lipinski definition) is 2. The Hall–Kier alpha value is -3.17. The molecular formula is C20H22F3N3O4. The van der Waals surface area contributed by atoms with E-state index >= 15 is 0 Å². The van der Waals surface area contributed by atoms with E-state index in [2.05, 4.69) is 20.4 Å². The van der Waals surface area contributed by atoms with Gasteiger partial charge in [-0.25, -0.2) is 4.79 Å². The molecule has 3 rings (SSSR count). The van der Waals surface area contributed by atoms with E-state index in [9.17, 15) is 18.0 Å². The molecule has 2 N–H and O–H groups in total. The normalized spacial score (nSPS) is 18.9. The molecular weight excluding hydrogens is 403 g/mol. The Balaban J connectivity index is 1.51. The zero-order valence-electron chi connectivity index (χ0n) is 16.2. The van der Waals surface area contributed by atoms with Gasteiger partial charge in [0.15, 0.2) is 0 Å². The maximum absolute atomic E-state index is 12.4. The van der Waals surface area contributed by atoms with Crippen molar-refractivity contribution < 1.29 is 32.2 Å². The number of methoxy groups -OCH3 is 1. The molecule has 0 spiro atoms. The summed E-state index contributed by atoms with van der Waals surface area (Å²) in [4.78, 5) is 16.3. The number of nitrogens with one attached hydrogen (secondary N) is 2. The lowest BCUT2D eigenvalue weighted by molar-refractivity contribution is -0.274. The lowest BCUT2D eigenvalue weighted by Crippen LogP contribution is -2.41. The van der Waals surface area contributed by atoms with Crippen LogP contribution in [0.4, 0.5) is 23.7 Å². The number of hydrogen-bond acceptors (Lipinski definition) is 5. The minimum atomic E-state index is -4.83. The molecule has 2 amide bonds. The van der Waals surface area contributed by atoms with E-state index < -0.39 is 18.1 Å². The molecule has 0 radical (unpaired) electrons. The number of pyridine rings is 1. The molecule has 0 bridgehead atoms. The van der Waals surface area contributed by atoms with E-state index in [1.54, 1.807) is 18.5 Å². The highest BCUT2D eigenvalue weighted by Crippen LogP contribution is 2.32. The summed E-state index contributed by atoms with van der Waals surface area (Å²) in [5, 5.41) is 5.36. The molecule has 0 aliphatic heterocycles. The third-order valence-electron chi connectivity index (χ3n) is 4.60. The molecule has 7 nitrogen and oxygen atoms in total. The molecule has 1 aromatic heterocycles. The largest absolute Gasteiger partial charge is 0.573 e. The van der Waals surface area contributed by atoms with Crippen molar-refractivity contribution in [2.45, 2.75) is 44.2 Å². The van der Waals surface area contributed by atoms with Crippen LogP contribution >= 0.6 is 0 Å². The Kier molecular flexibility index (Phi) is 6.86. The average Bonchev–Trinajstić information content (AvgIpc) is 2.69. The molecule has 162 valence electrons. The third kappa shape index (κ3) is 6.43. The Bertz CT molecular complexity index is 841. The van der Waals surface area contributed by atoms with E-state index in [1.807, 2.05) is 6.07 Å². The number of anilines is 1. The van der Waals surface area contributed by atoms with Gasteiger partial charge in [0.05, 0.1) is 25.1 Å². The summed E-state index contributed by atoms with van der Waals surface area (Å²) in [6.45, 7) is 0. The second kappa shape index (κ2) is 9.55. The minimum Gasteiger partial charge on any atom is -0.495 e. The van der Waals surface area contributed by atoms with Crippen LogP contribution < -0.4 is 24.8 Å². The SMILES string of the molecule is COc1ccc(OC(F)(F)F)cc1NC(=O)NC1CCC(Oc2cccnc2)CC1. The molecule has 2 aromatic rings. The first kappa shape index (κ1) is 21.5. The van der Waals surface area contributed by atoms with Gasteiger partial charge in [-0.1, -0.05) is 0 Å². The van der Waals surface area contributed by atoms with Gasteiger partial charge in [-0.15, -0.1) is 13.2 Å². The molecule has 0 unspecified atom stereocenters. The van der Waals surface area contributed by atoms with E-state index in [0.717, 1.165) is 25.0 Å². The second-order valence-corrected chi connectivity index (χ2v) is 6.79. The lowest BCUT2D eigenvalue weighted by atomic mass is 9.93. The van der Waals surface area contributed by atoms with Crippen molar-refractivity contribution in [3.8, 4) is 17.2 Å². The highest BCUT2D eigenvalue weighted by atomic mass is 19.4. The maximum atomic E-state index is 12.4. The van der Waals surface area contributed by atoms with Gasteiger partial charge in [-0.2, -0.15) is 0 Å². The highest BCUT2D eigenvalue weighted by Gasteiger charge is 2.31. The quantitative estimate of drug-likeness (QED) is 0.712. The van der Waals surface area contributed by atoms with E-state index in [0.29, 0.717) is 18.6 Å². The van der Waals surface area contributed by atoms with Crippen LogP contribution in [-0.2, 0) is 0 Å². The monoisotopic (exact) mass is 425 g/mol. The van der Waals surface area contributed by atoms with Crippen LogP contribution in [0.2, 0.25) is 0 Å². The van der Waals surface area contributed by atoms with Gasteiger partial charge in [0, 0.05) is 18.3 Å². The van der Waals surface area contributed by atoms with Crippen molar-refractivity contribution in [1.29, 1.82) is 0 Å². The summed E-state index contributed by atoms with van der Waals surface area (Å²) in [5.74, 6) is 0.472. The number of rotatable bonds is 6. The van der Waals surface area contributed by atoms with Gasteiger partial charge in [0.1, 0.15) is 17.2 Å². The molecule has 0 atom stereocenters. The van der Waals surface area contributed by atoms with Gasteiger partial charge in [-0.05, 0) is 49.9 Å². The first-order chi connectivity index (χ1) is 14.3. The van der Waals surface area contributed by atoms with Crippen LogP contribution in [0.3, 0.4) is 0 Å². The predicted molar refractivity (Wildman–Crippen MR) is 103 cm³/mol. The van der Waals surface area contributed by atoms with Crippen molar-refractivity contribution in [3.63, 3.8) is 0 Å². The van der Waals surface area contributed by atoms with Crippen LogP contribution in [-0.4, -0.2) is 36.6 Å².